The van der Waals surface area contributed by atoms with Gasteiger partial charge in [0.15, 0.2) is 0 Å². The largest absolute Gasteiger partial charge is 0.417 e. The first-order chi connectivity index (χ1) is 9.86. The van der Waals surface area contributed by atoms with Crippen LogP contribution < -0.4 is 10.9 Å². The molecule has 2 rings (SSSR count). The van der Waals surface area contributed by atoms with E-state index in [1.807, 2.05) is 4.98 Å². The van der Waals surface area contributed by atoms with Crippen molar-refractivity contribution >= 4 is 11.6 Å². The molecule has 1 saturated carbocycles. The second kappa shape index (κ2) is 6.15. The number of carbonyl (C=O) groups excluding carboxylic acids is 1. The monoisotopic (exact) mass is 300 g/mol. The molecule has 0 aromatic carbocycles. The molecule has 1 fully saturated rings. The highest BCUT2D eigenvalue weighted by Gasteiger charge is 2.31. The van der Waals surface area contributed by atoms with Crippen LogP contribution in [-0.2, 0) is 11.0 Å². The van der Waals surface area contributed by atoms with E-state index in [4.69, 9.17) is 0 Å². The number of H-pyrrole nitrogens is 1. The minimum atomic E-state index is -4.58. The van der Waals surface area contributed by atoms with Gasteiger partial charge in [-0.15, -0.1) is 0 Å². The molecule has 21 heavy (non-hydrogen) atoms. The number of rotatable bonds is 2. The van der Waals surface area contributed by atoms with Gasteiger partial charge in [-0.3, -0.25) is 9.59 Å². The number of allylic oxidation sites excluding steroid dienone is 1. The van der Waals surface area contributed by atoms with E-state index >= 15 is 0 Å². The molecule has 1 aliphatic rings. The van der Waals surface area contributed by atoms with Gasteiger partial charge < -0.3 is 10.3 Å². The van der Waals surface area contributed by atoms with Crippen molar-refractivity contribution in [3.8, 4) is 0 Å². The van der Waals surface area contributed by atoms with Gasteiger partial charge in [-0.05, 0) is 31.7 Å². The summed E-state index contributed by atoms with van der Waals surface area (Å²) in [5.74, 6) is -0.572. The molecule has 0 atom stereocenters. The van der Waals surface area contributed by atoms with Crippen molar-refractivity contribution in [2.24, 2.45) is 0 Å². The van der Waals surface area contributed by atoms with Gasteiger partial charge in [-0.2, -0.15) is 13.2 Å². The molecule has 0 bridgehead atoms. The quantitative estimate of drug-likeness (QED) is 0.824. The van der Waals surface area contributed by atoms with Gasteiger partial charge in [0.1, 0.15) is 5.69 Å². The highest BCUT2D eigenvalue weighted by atomic mass is 19.4. The Morgan fingerprint density at radius 2 is 1.90 bits per heavy atom. The summed E-state index contributed by atoms with van der Waals surface area (Å²) in [4.78, 5) is 25.2. The van der Waals surface area contributed by atoms with Crippen molar-refractivity contribution in [2.45, 2.75) is 38.3 Å². The molecule has 4 nitrogen and oxygen atoms in total. The van der Waals surface area contributed by atoms with E-state index in [1.54, 1.807) is 0 Å². The summed E-state index contributed by atoms with van der Waals surface area (Å²) in [6.45, 7) is 0. The molecule has 1 aliphatic carbocycles. The second-order valence-corrected chi connectivity index (χ2v) is 4.98. The minimum absolute atomic E-state index is 0.400. The SMILES string of the molecule is O=C(C=C1CCCCC1)Nc1cc(C(F)(F)F)c[nH]c1=O. The topological polar surface area (TPSA) is 62.0 Å². The van der Waals surface area contributed by atoms with Gasteiger partial charge >= 0.3 is 6.18 Å². The van der Waals surface area contributed by atoms with E-state index in [9.17, 15) is 22.8 Å². The normalized spacial score (nSPS) is 15.7. The maximum Gasteiger partial charge on any atom is 0.417 e. The number of nitrogens with one attached hydrogen (secondary N) is 2. The van der Waals surface area contributed by atoms with Gasteiger partial charge in [0.05, 0.1) is 5.56 Å². The smallest absolute Gasteiger partial charge is 0.327 e. The van der Waals surface area contributed by atoms with Crippen LogP contribution in [0, 0.1) is 0 Å². The highest BCUT2D eigenvalue weighted by molar-refractivity contribution is 5.99. The Kier molecular flexibility index (Phi) is 4.50. The lowest BCUT2D eigenvalue weighted by molar-refractivity contribution is -0.137. The van der Waals surface area contributed by atoms with Crippen molar-refractivity contribution in [2.75, 3.05) is 5.32 Å². The first kappa shape index (κ1) is 15.3. The first-order valence-corrected chi connectivity index (χ1v) is 6.66. The number of hydrogen-bond acceptors (Lipinski definition) is 2. The number of hydrogen-bond donors (Lipinski definition) is 2. The first-order valence-electron chi connectivity index (χ1n) is 6.66. The molecular formula is C14H15F3N2O2. The lowest BCUT2D eigenvalue weighted by Gasteiger charge is -2.13. The number of alkyl halides is 3. The molecule has 1 amide bonds. The van der Waals surface area contributed by atoms with Gasteiger partial charge in [0.25, 0.3) is 5.56 Å². The van der Waals surface area contributed by atoms with E-state index in [0.29, 0.717) is 12.3 Å². The Morgan fingerprint density at radius 1 is 1.24 bits per heavy atom. The summed E-state index contributed by atoms with van der Waals surface area (Å²) in [6, 6.07) is 0.635. The van der Waals surface area contributed by atoms with E-state index in [2.05, 4.69) is 5.32 Å². The van der Waals surface area contributed by atoms with Gasteiger partial charge in [-0.25, -0.2) is 0 Å². The second-order valence-electron chi connectivity index (χ2n) is 4.98. The Labute approximate surface area is 119 Å². The molecule has 114 valence electrons. The zero-order valence-corrected chi connectivity index (χ0v) is 11.2. The zero-order valence-electron chi connectivity index (χ0n) is 11.2. The van der Waals surface area contributed by atoms with E-state index in [1.165, 1.54) is 6.08 Å². The van der Waals surface area contributed by atoms with Crippen LogP contribution in [0.4, 0.5) is 18.9 Å². The van der Waals surface area contributed by atoms with Crippen molar-refractivity contribution in [3.63, 3.8) is 0 Å². The number of pyridine rings is 1. The van der Waals surface area contributed by atoms with Crippen LogP contribution in [0.25, 0.3) is 0 Å². The summed E-state index contributed by atoms with van der Waals surface area (Å²) < 4.78 is 37.7. The summed E-state index contributed by atoms with van der Waals surface area (Å²) in [5, 5.41) is 2.21. The number of anilines is 1. The standard InChI is InChI=1S/C14H15F3N2O2/c15-14(16,17)10-7-11(13(21)18-8-10)19-12(20)6-9-4-2-1-3-5-9/h6-8H,1-5H2,(H,18,21)(H,19,20). The van der Waals surface area contributed by atoms with Crippen LogP contribution in [-0.4, -0.2) is 10.9 Å². The number of aromatic nitrogens is 1. The maximum atomic E-state index is 12.6. The average molecular weight is 300 g/mol. The third-order valence-corrected chi connectivity index (χ3v) is 3.32. The number of carbonyl (C=O) groups is 1. The maximum absolute atomic E-state index is 12.6. The van der Waals surface area contributed by atoms with Crippen LogP contribution in [0.15, 0.2) is 28.7 Å². The molecular weight excluding hydrogens is 285 g/mol. The number of aromatic amines is 1. The Hall–Kier alpha value is -2.05. The van der Waals surface area contributed by atoms with Gasteiger partial charge in [0.2, 0.25) is 5.91 Å². The van der Waals surface area contributed by atoms with Crippen molar-refractivity contribution in [1.29, 1.82) is 0 Å². The molecule has 1 heterocycles. The van der Waals surface area contributed by atoms with Crippen LogP contribution in [0.1, 0.15) is 37.7 Å². The van der Waals surface area contributed by atoms with Crippen LogP contribution in [0.5, 0.6) is 0 Å². The fourth-order valence-electron chi connectivity index (χ4n) is 2.24. The van der Waals surface area contributed by atoms with Crippen molar-refractivity contribution in [1.82, 2.24) is 4.98 Å². The highest BCUT2D eigenvalue weighted by Crippen LogP contribution is 2.29. The molecule has 0 spiro atoms. The lowest BCUT2D eigenvalue weighted by Crippen LogP contribution is -2.20. The van der Waals surface area contributed by atoms with E-state index < -0.39 is 28.9 Å². The van der Waals surface area contributed by atoms with Gasteiger partial charge in [-0.1, -0.05) is 12.0 Å². The molecule has 0 saturated heterocycles. The molecule has 1 aromatic heterocycles. The third-order valence-electron chi connectivity index (χ3n) is 3.32. The van der Waals surface area contributed by atoms with Gasteiger partial charge in [0, 0.05) is 12.3 Å². The number of halogens is 3. The Bertz CT molecular complexity index is 609. The lowest BCUT2D eigenvalue weighted by atomic mass is 9.94. The molecule has 2 N–H and O–H groups in total. The zero-order chi connectivity index (χ0) is 15.5. The average Bonchev–Trinajstić information content (AvgIpc) is 2.41. The van der Waals surface area contributed by atoms with Crippen molar-refractivity contribution < 1.29 is 18.0 Å². The predicted molar refractivity (Wildman–Crippen MR) is 71.9 cm³/mol. The Morgan fingerprint density at radius 3 is 2.52 bits per heavy atom. The van der Waals surface area contributed by atoms with Crippen LogP contribution in [0.3, 0.4) is 0 Å². The molecule has 0 aliphatic heterocycles. The summed E-state index contributed by atoms with van der Waals surface area (Å²) >= 11 is 0. The Balaban J connectivity index is 2.15. The molecule has 0 radical (unpaired) electrons. The van der Waals surface area contributed by atoms with E-state index in [0.717, 1.165) is 37.7 Å². The summed E-state index contributed by atoms with van der Waals surface area (Å²) in [7, 11) is 0. The fraction of sp³-hybridized carbons (Fsp3) is 0.429. The number of amides is 1. The van der Waals surface area contributed by atoms with E-state index in [-0.39, 0.29) is 0 Å². The summed E-state index contributed by atoms with van der Waals surface area (Å²) in [6.07, 6.45) is 2.12. The molecule has 1 aromatic rings. The molecule has 7 heteroatoms. The molecule has 0 unspecified atom stereocenters. The minimum Gasteiger partial charge on any atom is -0.327 e. The third kappa shape index (κ3) is 4.21. The van der Waals surface area contributed by atoms with Crippen molar-refractivity contribution in [3.05, 3.63) is 39.8 Å². The predicted octanol–water partition coefficient (Wildman–Crippen LogP) is 3.22. The van der Waals surface area contributed by atoms with Crippen LogP contribution >= 0.6 is 0 Å². The van der Waals surface area contributed by atoms with Crippen LogP contribution in [0.2, 0.25) is 0 Å². The fourth-order valence-corrected chi connectivity index (χ4v) is 2.24. The summed E-state index contributed by atoms with van der Waals surface area (Å²) in [5.41, 5.74) is -1.22.